The van der Waals surface area contributed by atoms with Crippen molar-refractivity contribution >= 4 is 23.8 Å². The predicted octanol–water partition coefficient (Wildman–Crippen LogP) is 3.37. The van der Waals surface area contributed by atoms with E-state index in [2.05, 4.69) is 27.9 Å². The van der Waals surface area contributed by atoms with Crippen molar-refractivity contribution in [1.29, 1.82) is 0 Å². The number of rotatable bonds is 7. The average Bonchev–Trinajstić information content (AvgIpc) is 3.33. The highest BCUT2D eigenvalue weighted by molar-refractivity contribution is 5.97. The first kappa shape index (κ1) is 22.1. The number of carboxylic acid groups (broad SMARTS) is 1. The molecule has 0 fully saturated rings. The molecule has 2 amide bonds. The minimum Gasteiger partial charge on any atom is -0.477 e. The molecule has 0 aliphatic heterocycles. The Labute approximate surface area is 190 Å². The zero-order valence-electron chi connectivity index (χ0n) is 18.2. The van der Waals surface area contributed by atoms with E-state index in [0.29, 0.717) is 6.42 Å². The second-order valence-corrected chi connectivity index (χ2v) is 7.76. The van der Waals surface area contributed by atoms with E-state index in [9.17, 15) is 14.4 Å². The largest absolute Gasteiger partial charge is 0.477 e. The number of benzene rings is 2. The van der Waals surface area contributed by atoms with E-state index < -0.39 is 24.0 Å². The van der Waals surface area contributed by atoms with Gasteiger partial charge in [-0.2, -0.15) is 5.10 Å². The fourth-order valence-corrected chi connectivity index (χ4v) is 4.08. The molecule has 4 rings (SSSR count). The van der Waals surface area contributed by atoms with Gasteiger partial charge in [-0.25, -0.2) is 9.59 Å². The molecular formula is C24H24N4O5. The van der Waals surface area contributed by atoms with Crippen LogP contribution >= 0.6 is 0 Å². The van der Waals surface area contributed by atoms with E-state index in [1.165, 1.54) is 13.1 Å². The number of nitrogens with one attached hydrogen (secondary N) is 2. The highest BCUT2D eigenvalue weighted by atomic mass is 16.5. The Morgan fingerprint density at radius 3 is 2.24 bits per heavy atom. The molecule has 3 N–H and O–H groups in total. The van der Waals surface area contributed by atoms with Crippen molar-refractivity contribution in [3.8, 4) is 11.1 Å². The lowest BCUT2D eigenvalue weighted by molar-refractivity contribution is -0.118. The Balaban J connectivity index is 1.38. The maximum Gasteiger partial charge on any atom is 0.407 e. The first-order valence-electron chi connectivity index (χ1n) is 10.6. The molecule has 0 saturated carbocycles. The lowest BCUT2D eigenvalue weighted by atomic mass is 9.98. The maximum absolute atomic E-state index is 12.6. The third-order valence-corrected chi connectivity index (χ3v) is 5.71. The van der Waals surface area contributed by atoms with Crippen LogP contribution in [0.4, 0.5) is 10.6 Å². The SMILES string of the molecule is CC[C@@H](NC(=O)OCC1c2ccccc2-c2ccccc21)C(=O)Nc1cc(C(=O)O)n(C)n1. The number of fused-ring (bicyclic) bond motifs is 3. The molecule has 0 saturated heterocycles. The van der Waals surface area contributed by atoms with E-state index in [1.54, 1.807) is 6.92 Å². The highest BCUT2D eigenvalue weighted by Gasteiger charge is 2.29. The topological polar surface area (TPSA) is 123 Å². The van der Waals surface area contributed by atoms with Gasteiger partial charge in [-0.1, -0.05) is 55.5 Å². The summed E-state index contributed by atoms with van der Waals surface area (Å²) in [4.78, 5) is 36.2. The fourth-order valence-electron chi connectivity index (χ4n) is 4.08. The van der Waals surface area contributed by atoms with Crippen molar-refractivity contribution in [2.45, 2.75) is 25.3 Å². The normalized spacial score (nSPS) is 13.0. The summed E-state index contributed by atoms with van der Waals surface area (Å²) in [5, 5.41) is 18.2. The summed E-state index contributed by atoms with van der Waals surface area (Å²) in [5.41, 5.74) is 4.39. The predicted molar refractivity (Wildman–Crippen MR) is 121 cm³/mol. The number of anilines is 1. The van der Waals surface area contributed by atoms with Crippen LogP contribution in [0.2, 0.25) is 0 Å². The minimum absolute atomic E-state index is 0.0668. The molecule has 9 heteroatoms. The molecular weight excluding hydrogens is 424 g/mol. The molecule has 1 heterocycles. The molecule has 0 unspecified atom stereocenters. The summed E-state index contributed by atoms with van der Waals surface area (Å²) in [7, 11) is 1.46. The highest BCUT2D eigenvalue weighted by Crippen LogP contribution is 2.44. The molecule has 0 bridgehead atoms. The molecule has 0 radical (unpaired) electrons. The van der Waals surface area contributed by atoms with Crippen LogP contribution in [0.3, 0.4) is 0 Å². The van der Waals surface area contributed by atoms with E-state index in [4.69, 9.17) is 9.84 Å². The number of carbonyl (C=O) groups is 3. The minimum atomic E-state index is -1.16. The van der Waals surface area contributed by atoms with E-state index in [1.807, 2.05) is 36.4 Å². The van der Waals surface area contributed by atoms with E-state index in [0.717, 1.165) is 26.9 Å². The van der Waals surface area contributed by atoms with Gasteiger partial charge in [0.1, 0.15) is 18.3 Å². The smallest absolute Gasteiger partial charge is 0.407 e. The lowest BCUT2D eigenvalue weighted by Crippen LogP contribution is -2.43. The first-order valence-corrected chi connectivity index (χ1v) is 10.6. The average molecular weight is 448 g/mol. The van der Waals surface area contributed by atoms with Crippen molar-refractivity contribution in [2.75, 3.05) is 11.9 Å². The number of alkyl carbamates (subject to hydrolysis) is 1. The van der Waals surface area contributed by atoms with Crippen molar-refractivity contribution in [3.05, 3.63) is 71.4 Å². The summed E-state index contributed by atoms with van der Waals surface area (Å²) in [5.74, 6) is -1.66. The van der Waals surface area contributed by atoms with Crippen LogP contribution in [0, 0.1) is 0 Å². The van der Waals surface area contributed by atoms with Gasteiger partial charge in [0.2, 0.25) is 5.91 Å². The van der Waals surface area contributed by atoms with E-state index >= 15 is 0 Å². The second kappa shape index (κ2) is 9.15. The van der Waals surface area contributed by atoms with Crippen LogP contribution in [0.15, 0.2) is 54.6 Å². The zero-order valence-corrected chi connectivity index (χ0v) is 18.2. The first-order chi connectivity index (χ1) is 15.9. The van der Waals surface area contributed by atoms with Gasteiger partial charge < -0.3 is 20.5 Å². The fraction of sp³-hybridized carbons (Fsp3) is 0.250. The standard InChI is InChI=1S/C24H24N4O5/c1-3-19(22(29)26-21-12-20(23(30)31)28(2)27-21)25-24(32)33-13-18-16-10-6-4-8-14(16)15-9-5-7-11-17(15)18/h4-12,18-19H,3,13H2,1-2H3,(H,25,32)(H,30,31)(H,26,27,29)/t19-/m1/s1. The molecule has 1 aromatic heterocycles. The Kier molecular flexibility index (Phi) is 6.12. The van der Waals surface area contributed by atoms with Gasteiger partial charge in [-0.3, -0.25) is 9.48 Å². The van der Waals surface area contributed by atoms with Gasteiger partial charge in [0.05, 0.1) is 0 Å². The molecule has 1 atom stereocenters. The summed E-state index contributed by atoms with van der Waals surface area (Å²) >= 11 is 0. The summed E-state index contributed by atoms with van der Waals surface area (Å²) in [6.07, 6.45) is -0.389. The van der Waals surface area contributed by atoms with Gasteiger partial charge in [0.25, 0.3) is 0 Å². The van der Waals surface area contributed by atoms with Gasteiger partial charge in [-0.15, -0.1) is 0 Å². The van der Waals surface area contributed by atoms with Crippen LogP contribution in [0.5, 0.6) is 0 Å². The van der Waals surface area contributed by atoms with Crippen molar-refractivity contribution in [2.24, 2.45) is 7.05 Å². The van der Waals surface area contributed by atoms with Gasteiger partial charge in [0.15, 0.2) is 5.82 Å². The summed E-state index contributed by atoms with van der Waals surface area (Å²) in [6.45, 7) is 1.88. The van der Waals surface area contributed by atoms with Crippen LogP contribution in [-0.4, -0.2) is 45.5 Å². The van der Waals surface area contributed by atoms with Crippen LogP contribution in [0.25, 0.3) is 11.1 Å². The Morgan fingerprint density at radius 1 is 1.09 bits per heavy atom. The third kappa shape index (κ3) is 4.43. The quantitative estimate of drug-likeness (QED) is 0.509. The summed E-state index contributed by atoms with van der Waals surface area (Å²) < 4.78 is 6.65. The number of aromatic nitrogens is 2. The van der Waals surface area contributed by atoms with Gasteiger partial charge in [0, 0.05) is 19.0 Å². The van der Waals surface area contributed by atoms with Crippen molar-refractivity contribution < 1.29 is 24.2 Å². The third-order valence-electron chi connectivity index (χ3n) is 5.71. The molecule has 1 aliphatic carbocycles. The Bertz CT molecular complexity index is 1170. The number of carboxylic acids is 1. The maximum atomic E-state index is 12.6. The molecule has 9 nitrogen and oxygen atoms in total. The number of amides is 2. The molecule has 3 aromatic rings. The van der Waals surface area contributed by atoms with Gasteiger partial charge in [-0.05, 0) is 28.7 Å². The van der Waals surface area contributed by atoms with Crippen molar-refractivity contribution in [3.63, 3.8) is 0 Å². The van der Waals surface area contributed by atoms with Crippen LogP contribution in [0.1, 0.15) is 40.9 Å². The number of aromatic carboxylic acids is 1. The zero-order chi connectivity index (χ0) is 23.5. The monoisotopic (exact) mass is 448 g/mol. The molecule has 0 spiro atoms. The molecule has 33 heavy (non-hydrogen) atoms. The number of aryl methyl sites for hydroxylation is 1. The number of ether oxygens (including phenoxy) is 1. The van der Waals surface area contributed by atoms with Crippen molar-refractivity contribution in [1.82, 2.24) is 15.1 Å². The number of nitrogens with zero attached hydrogens (tertiary/aromatic N) is 2. The number of carbonyl (C=O) groups excluding carboxylic acids is 2. The lowest BCUT2D eigenvalue weighted by Gasteiger charge is -2.18. The molecule has 1 aliphatic rings. The Morgan fingerprint density at radius 2 is 1.70 bits per heavy atom. The summed E-state index contributed by atoms with van der Waals surface area (Å²) in [6, 6.07) is 16.4. The van der Waals surface area contributed by atoms with Crippen LogP contribution in [-0.2, 0) is 16.6 Å². The number of hydrogen-bond acceptors (Lipinski definition) is 5. The molecule has 170 valence electrons. The van der Waals surface area contributed by atoms with E-state index in [-0.39, 0.29) is 24.0 Å². The molecule has 2 aromatic carbocycles. The second-order valence-electron chi connectivity index (χ2n) is 7.76. The Hall–Kier alpha value is -4.14. The van der Waals surface area contributed by atoms with Gasteiger partial charge >= 0.3 is 12.1 Å². The van der Waals surface area contributed by atoms with Crippen LogP contribution < -0.4 is 10.6 Å². The number of hydrogen-bond donors (Lipinski definition) is 3.